The second-order valence-electron chi connectivity index (χ2n) is 8.75. The first-order valence-electron chi connectivity index (χ1n) is 11.5. The van der Waals surface area contributed by atoms with Crippen molar-refractivity contribution in [1.29, 1.82) is 0 Å². The molecule has 4 rings (SSSR count). The monoisotopic (exact) mass is 462 g/mol. The van der Waals surface area contributed by atoms with Gasteiger partial charge in [0.1, 0.15) is 5.75 Å². The lowest BCUT2D eigenvalue weighted by atomic mass is 10.1. The van der Waals surface area contributed by atoms with Crippen LogP contribution in [0.4, 0.5) is 17.1 Å². The molecule has 9 heteroatoms. The number of nitrogens with one attached hydrogen (secondary N) is 3. The van der Waals surface area contributed by atoms with E-state index < -0.39 is 0 Å². The number of aryl methyl sites for hydroxylation is 1. The SMILES string of the molecule is COc1cc(N(C)CCNC(C)C)c(N)cc1NC1N=CC=C(c2ccc3c(cnn3C)c2)N1. The minimum Gasteiger partial charge on any atom is -0.495 e. The van der Waals surface area contributed by atoms with Gasteiger partial charge in [0.2, 0.25) is 0 Å². The molecule has 2 aromatic carbocycles. The number of benzene rings is 2. The van der Waals surface area contributed by atoms with E-state index in [0.29, 0.717) is 17.5 Å². The Morgan fingerprint density at radius 3 is 2.85 bits per heavy atom. The van der Waals surface area contributed by atoms with E-state index in [2.05, 4.69) is 63.0 Å². The van der Waals surface area contributed by atoms with Gasteiger partial charge in [-0.1, -0.05) is 19.9 Å². The molecule has 1 atom stereocenters. The zero-order valence-electron chi connectivity index (χ0n) is 20.5. The molecule has 0 fully saturated rings. The molecule has 1 aliphatic heterocycles. The molecule has 5 N–H and O–H groups in total. The topological polar surface area (TPSA) is 105 Å². The lowest BCUT2D eigenvalue weighted by Gasteiger charge is -2.26. The third-order valence-corrected chi connectivity index (χ3v) is 5.88. The lowest BCUT2D eigenvalue weighted by molar-refractivity contribution is 0.416. The van der Waals surface area contributed by atoms with Crippen LogP contribution in [0.3, 0.4) is 0 Å². The molecule has 1 unspecified atom stereocenters. The van der Waals surface area contributed by atoms with E-state index in [1.54, 1.807) is 13.3 Å². The fourth-order valence-electron chi connectivity index (χ4n) is 4.01. The second kappa shape index (κ2) is 10.0. The summed E-state index contributed by atoms with van der Waals surface area (Å²) in [4.78, 5) is 6.66. The summed E-state index contributed by atoms with van der Waals surface area (Å²) < 4.78 is 7.54. The van der Waals surface area contributed by atoms with Gasteiger partial charge < -0.3 is 31.3 Å². The number of nitrogens with zero attached hydrogens (tertiary/aromatic N) is 4. The van der Waals surface area contributed by atoms with Crippen molar-refractivity contribution in [2.45, 2.75) is 26.2 Å². The fraction of sp³-hybridized carbons (Fsp3) is 0.360. The largest absolute Gasteiger partial charge is 0.495 e. The Labute approximate surface area is 200 Å². The average molecular weight is 463 g/mol. The normalized spacial score (nSPS) is 15.4. The van der Waals surface area contributed by atoms with E-state index in [-0.39, 0.29) is 6.29 Å². The predicted molar refractivity (Wildman–Crippen MR) is 142 cm³/mol. The molecule has 180 valence electrons. The first kappa shape index (κ1) is 23.4. The van der Waals surface area contributed by atoms with Gasteiger partial charge in [-0.05, 0) is 29.8 Å². The van der Waals surface area contributed by atoms with Gasteiger partial charge in [0, 0.05) is 56.6 Å². The number of methoxy groups -OCH3 is 1. The van der Waals surface area contributed by atoms with Crippen LogP contribution < -0.4 is 31.3 Å². The van der Waals surface area contributed by atoms with Crippen LogP contribution in [0.2, 0.25) is 0 Å². The molecule has 0 aliphatic carbocycles. The van der Waals surface area contributed by atoms with Crippen molar-refractivity contribution in [3.8, 4) is 5.75 Å². The minimum atomic E-state index is -0.364. The van der Waals surface area contributed by atoms with Crippen LogP contribution >= 0.6 is 0 Å². The summed E-state index contributed by atoms with van der Waals surface area (Å²) in [5.74, 6) is 0.706. The summed E-state index contributed by atoms with van der Waals surface area (Å²) in [5.41, 5.74) is 11.9. The maximum Gasteiger partial charge on any atom is 0.194 e. The molecule has 0 bridgehead atoms. The number of fused-ring (bicyclic) bond motifs is 1. The molecule has 0 amide bonds. The predicted octanol–water partition coefficient (Wildman–Crippen LogP) is 3.01. The third-order valence-electron chi connectivity index (χ3n) is 5.88. The van der Waals surface area contributed by atoms with Gasteiger partial charge in [-0.2, -0.15) is 5.10 Å². The van der Waals surface area contributed by atoms with Crippen molar-refractivity contribution < 1.29 is 4.74 Å². The maximum atomic E-state index is 6.42. The zero-order valence-corrected chi connectivity index (χ0v) is 20.5. The van der Waals surface area contributed by atoms with Crippen LogP contribution in [0.5, 0.6) is 5.75 Å². The lowest BCUT2D eigenvalue weighted by Crippen LogP contribution is -2.35. The molecular weight excluding hydrogens is 428 g/mol. The summed E-state index contributed by atoms with van der Waals surface area (Å²) in [6, 6.07) is 10.6. The highest BCUT2D eigenvalue weighted by Crippen LogP contribution is 2.35. The standard InChI is InChI=1S/C25H34N8O/c1-16(2)27-10-11-32(3)23-14-24(34-5)21(13-19(23)26)31-25-28-9-8-20(30-25)17-6-7-22-18(12-17)15-29-33(22)4/h6-9,12-16,25,27,30-31H,10-11,26H2,1-5H3. The van der Waals surface area contributed by atoms with Gasteiger partial charge >= 0.3 is 0 Å². The highest BCUT2D eigenvalue weighted by atomic mass is 16.5. The van der Waals surface area contributed by atoms with Crippen LogP contribution in [-0.2, 0) is 7.05 Å². The van der Waals surface area contributed by atoms with Crippen molar-refractivity contribution in [3.63, 3.8) is 0 Å². The maximum absolute atomic E-state index is 6.42. The Morgan fingerprint density at radius 1 is 1.26 bits per heavy atom. The summed E-state index contributed by atoms with van der Waals surface area (Å²) >= 11 is 0. The van der Waals surface area contributed by atoms with Gasteiger partial charge in [0.05, 0.1) is 35.9 Å². The van der Waals surface area contributed by atoms with Crippen molar-refractivity contribution in [2.75, 3.05) is 43.2 Å². The van der Waals surface area contributed by atoms with E-state index in [1.807, 2.05) is 43.2 Å². The Bertz CT molecular complexity index is 1210. The number of aliphatic imine (C=N–C) groups is 1. The molecule has 0 saturated carbocycles. The van der Waals surface area contributed by atoms with E-state index >= 15 is 0 Å². The average Bonchev–Trinajstić information content (AvgIpc) is 3.19. The smallest absolute Gasteiger partial charge is 0.194 e. The number of rotatable bonds is 9. The Morgan fingerprint density at radius 2 is 2.09 bits per heavy atom. The first-order chi connectivity index (χ1) is 16.4. The number of hydrogen-bond acceptors (Lipinski definition) is 8. The summed E-state index contributed by atoms with van der Waals surface area (Å²) in [7, 11) is 5.63. The van der Waals surface area contributed by atoms with Crippen LogP contribution in [0, 0.1) is 0 Å². The van der Waals surface area contributed by atoms with Gasteiger partial charge in [-0.3, -0.25) is 4.68 Å². The first-order valence-corrected chi connectivity index (χ1v) is 11.5. The number of anilines is 3. The van der Waals surface area contributed by atoms with Crippen molar-refractivity contribution in [2.24, 2.45) is 12.0 Å². The molecule has 0 saturated heterocycles. The van der Waals surface area contributed by atoms with Gasteiger partial charge in [0.25, 0.3) is 0 Å². The van der Waals surface area contributed by atoms with Crippen molar-refractivity contribution >= 4 is 39.9 Å². The molecular formula is C25H34N8O. The molecule has 2 heterocycles. The molecule has 1 aliphatic rings. The number of ether oxygens (including phenoxy) is 1. The third kappa shape index (κ3) is 5.09. The van der Waals surface area contributed by atoms with E-state index in [0.717, 1.165) is 46.6 Å². The molecule has 9 nitrogen and oxygen atoms in total. The van der Waals surface area contributed by atoms with Crippen molar-refractivity contribution in [1.82, 2.24) is 20.4 Å². The molecule has 0 radical (unpaired) electrons. The molecule has 3 aromatic rings. The second-order valence-corrected chi connectivity index (χ2v) is 8.75. The summed E-state index contributed by atoms with van der Waals surface area (Å²) in [6.07, 6.45) is 5.27. The summed E-state index contributed by atoms with van der Waals surface area (Å²) in [6.45, 7) is 5.98. The highest BCUT2D eigenvalue weighted by Gasteiger charge is 2.17. The van der Waals surface area contributed by atoms with Crippen molar-refractivity contribution in [3.05, 3.63) is 48.2 Å². The van der Waals surface area contributed by atoms with Crippen LogP contribution in [0.1, 0.15) is 19.4 Å². The number of hydrogen-bond donors (Lipinski definition) is 4. The quantitative estimate of drug-likeness (QED) is 0.362. The molecule has 1 aromatic heterocycles. The van der Waals surface area contributed by atoms with E-state index in [4.69, 9.17) is 10.5 Å². The Balaban J connectivity index is 1.48. The van der Waals surface area contributed by atoms with Crippen LogP contribution in [0.15, 0.2) is 47.6 Å². The van der Waals surface area contributed by atoms with Gasteiger partial charge in [-0.25, -0.2) is 4.99 Å². The van der Waals surface area contributed by atoms with Crippen LogP contribution in [0.25, 0.3) is 16.6 Å². The number of likely N-dealkylation sites (N-methyl/N-ethyl adjacent to an activating group) is 1. The minimum absolute atomic E-state index is 0.364. The zero-order chi connectivity index (χ0) is 24.2. The summed E-state index contributed by atoms with van der Waals surface area (Å²) in [5, 5.41) is 15.7. The fourth-order valence-corrected chi connectivity index (χ4v) is 4.01. The number of nitrogens with two attached hydrogens (primary N) is 1. The van der Waals surface area contributed by atoms with E-state index in [1.165, 1.54) is 0 Å². The van der Waals surface area contributed by atoms with Gasteiger partial charge in [-0.15, -0.1) is 0 Å². The Hall–Kier alpha value is -3.72. The van der Waals surface area contributed by atoms with Gasteiger partial charge in [0.15, 0.2) is 6.29 Å². The Kier molecular flexibility index (Phi) is 6.93. The van der Waals surface area contributed by atoms with Crippen LogP contribution in [-0.4, -0.2) is 55.6 Å². The highest BCUT2D eigenvalue weighted by molar-refractivity contribution is 5.89. The number of nitrogen functional groups attached to an aromatic ring is 1. The molecule has 0 spiro atoms. The van der Waals surface area contributed by atoms with E-state index in [9.17, 15) is 0 Å². The molecule has 34 heavy (non-hydrogen) atoms. The number of aromatic nitrogens is 2. The number of allylic oxidation sites excluding steroid dienone is 1.